The van der Waals surface area contributed by atoms with Crippen molar-refractivity contribution >= 4 is 10.8 Å². The Hall–Kier alpha value is -2.44. The van der Waals surface area contributed by atoms with E-state index in [2.05, 4.69) is 23.1 Å². The second-order valence-corrected chi connectivity index (χ2v) is 8.65. The van der Waals surface area contributed by atoms with Gasteiger partial charge in [0.05, 0.1) is 18.8 Å². The van der Waals surface area contributed by atoms with Gasteiger partial charge in [0.1, 0.15) is 18.5 Å². The summed E-state index contributed by atoms with van der Waals surface area (Å²) in [6.07, 6.45) is 2.38. The minimum absolute atomic E-state index is 0.0435. The molecule has 5 rings (SSSR count). The lowest BCUT2D eigenvalue weighted by Gasteiger charge is -2.33. The third kappa shape index (κ3) is 4.46. The van der Waals surface area contributed by atoms with Crippen LogP contribution in [0, 0.1) is 0 Å². The monoisotopic (exact) mass is 419 g/mol. The quantitative estimate of drug-likeness (QED) is 0.613. The van der Waals surface area contributed by atoms with E-state index in [1.54, 1.807) is 0 Å². The fraction of sp³-hybridized carbons (Fsp3) is 0.385. The number of nitrogens with zero attached hydrogens (tertiary/aromatic N) is 1. The van der Waals surface area contributed by atoms with Gasteiger partial charge < -0.3 is 19.7 Å². The molecule has 3 aromatic rings. The first-order chi connectivity index (χ1) is 15.2. The molecule has 0 saturated carbocycles. The highest BCUT2D eigenvalue weighted by molar-refractivity contribution is 6.00. The minimum atomic E-state index is -0.540. The smallest absolute Gasteiger partial charge is 0.127 e. The zero-order chi connectivity index (χ0) is 21.2. The maximum Gasteiger partial charge on any atom is 0.127 e. The van der Waals surface area contributed by atoms with Gasteiger partial charge in [-0.2, -0.15) is 0 Å². The Bertz CT molecular complexity index is 1020. The lowest BCUT2D eigenvalue weighted by Crippen LogP contribution is -2.46. The van der Waals surface area contributed by atoms with Gasteiger partial charge in [-0.05, 0) is 41.0 Å². The molecule has 3 aromatic carbocycles. The first-order valence-corrected chi connectivity index (χ1v) is 11.1. The second-order valence-electron chi connectivity index (χ2n) is 8.65. The maximum atomic E-state index is 10.6. The summed E-state index contributed by atoms with van der Waals surface area (Å²) in [5, 5.41) is 22.0. The van der Waals surface area contributed by atoms with Crippen molar-refractivity contribution in [2.45, 2.75) is 37.8 Å². The van der Waals surface area contributed by atoms with Crippen LogP contribution >= 0.6 is 0 Å². The van der Waals surface area contributed by atoms with E-state index < -0.39 is 6.10 Å². The number of benzene rings is 3. The van der Waals surface area contributed by atoms with Crippen molar-refractivity contribution in [3.63, 3.8) is 0 Å². The normalized spacial score (nSPS) is 22.0. The number of morpholine rings is 1. The number of fused-ring (bicyclic) bond motifs is 3. The Balaban J connectivity index is 1.30. The van der Waals surface area contributed by atoms with E-state index in [1.165, 1.54) is 0 Å². The number of β-amino-alcohol motifs (C(OH)–C–C–N with tert-alkyl or cyclic N) is 1. The Labute approximate surface area is 182 Å². The summed E-state index contributed by atoms with van der Waals surface area (Å²) in [6.45, 7) is 2.73. The first-order valence-electron chi connectivity index (χ1n) is 11.1. The van der Waals surface area contributed by atoms with Crippen LogP contribution in [0.25, 0.3) is 21.9 Å². The molecule has 2 saturated heterocycles. The summed E-state index contributed by atoms with van der Waals surface area (Å²) < 4.78 is 12.0. The molecule has 0 spiro atoms. The summed E-state index contributed by atoms with van der Waals surface area (Å²) in [4.78, 5) is 2.30. The van der Waals surface area contributed by atoms with Crippen LogP contribution in [-0.4, -0.2) is 59.7 Å². The van der Waals surface area contributed by atoms with Crippen molar-refractivity contribution in [3.05, 3.63) is 66.2 Å². The average molecular weight is 420 g/mol. The van der Waals surface area contributed by atoms with Gasteiger partial charge in [0.2, 0.25) is 0 Å². The predicted octanol–water partition coefficient (Wildman–Crippen LogP) is 3.60. The molecule has 162 valence electrons. The average Bonchev–Trinajstić information content (AvgIpc) is 3.15. The minimum Gasteiger partial charge on any atom is -0.490 e. The second kappa shape index (κ2) is 8.97. The summed E-state index contributed by atoms with van der Waals surface area (Å²) in [6, 6.07) is 20.2. The van der Waals surface area contributed by atoms with E-state index >= 15 is 0 Å². The molecule has 2 bridgehead atoms. The molecule has 5 heteroatoms. The summed E-state index contributed by atoms with van der Waals surface area (Å²) in [7, 11) is 0. The van der Waals surface area contributed by atoms with Crippen LogP contribution in [0.5, 0.6) is 5.75 Å². The Kier molecular flexibility index (Phi) is 5.92. The molecule has 0 aromatic heterocycles. The van der Waals surface area contributed by atoms with Crippen LogP contribution < -0.4 is 4.74 Å². The summed E-state index contributed by atoms with van der Waals surface area (Å²) in [5.41, 5.74) is 3.12. The Morgan fingerprint density at radius 1 is 0.935 bits per heavy atom. The van der Waals surface area contributed by atoms with E-state index in [4.69, 9.17) is 9.47 Å². The van der Waals surface area contributed by atoms with Gasteiger partial charge in [-0.3, -0.25) is 4.90 Å². The highest BCUT2D eigenvalue weighted by Crippen LogP contribution is 2.35. The fourth-order valence-electron chi connectivity index (χ4n) is 4.82. The van der Waals surface area contributed by atoms with Crippen molar-refractivity contribution in [1.29, 1.82) is 0 Å². The number of aliphatic hydroxyl groups is 2. The maximum absolute atomic E-state index is 10.6. The highest BCUT2D eigenvalue weighted by atomic mass is 16.5. The van der Waals surface area contributed by atoms with Crippen molar-refractivity contribution in [2.24, 2.45) is 0 Å². The van der Waals surface area contributed by atoms with Gasteiger partial charge in [-0.25, -0.2) is 0 Å². The molecule has 3 atom stereocenters. The number of ether oxygens (including phenoxy) is 2. The largest absolute Gasteiger partial charge is 0.490 e. The molecule has 0 radical (unpaired) electrons. The molecule has 0 aliphatic carbocycles. The van der Waals surface area contributed by atoms with Crippen LogP contribution in [0.1, 0.15) is 18.4 Å². The zero-order valence-corrected chi connectivity index (χ0v) is 17.6. The molecule has 2 heterocycles. The van der Waals surface area contributed by atoms with Gasteiger partial charge in [-0.1, -0.05) is 54.6 Å². The molecule has 2 fully saturated rings. The topological polar surface area (TPSA) is 62.2 Å². The van der Waals surface area contributed by atoms with Gasteiger partial charge in [0, 0.05) is 25.0 Å². The third-order valence-corrected chi connectivity index (χ3v) is 6.35. The van der Waals surface area contributed by atoms with Crippen LogP contribution in [0.2, 0.25) is 0 Å². The summed E-state index contributed by atoms with van der Waals surface area (Å²) in [5.74, 6) is 0.785. The molecule has 2 N–H and O–H groups in total. The first kappa shape index (κ1) is 20.5. The lowest BCUT2D eigenvalue weighted by atomic mass is 9.97. The number of likely N-dealkylation sites (tertiary alicyclic amines) is 1. The van der Waals surface area contributed by atoms with E-state index in [9.17, 15) is 10.2 Å². The number of aliphatic hydroxyl groups excluding tert-OH is 2. The highest BCUT2D eigenvalue weighted by Gasteiger charge is 2.34. The van der Waals surface area contributed by atoms with Gasteiger partial charge in [0.25, 0.3) is 0 Å². The molecular formula is C26H29NO4. The molecule has 31 heavy (non-hydrogen) atoms. The van der Waals surface area contributed by atoms with Gasteiger partial charge >= 0.3 is 0 Å². The Morgan fingerprint density at radius 3 is 2.35 bits per heavy atom. The van der Waals surface area contributed by atoms with Crippen molar-refractivity contribution < 1.29 is 19.7 Å². The number of hydrogen-bond donors (Lipinski definition) is 2. The van der Waals surface area contributed by atoms with Gasteiger partial charge in [0.15, 0.2) is 0 Å². The molecular weight excluding hydrogens is 390 g/mol. The van der Waals surface area contributed by atoms with E-state index in [0.717, 1.165) is 59.1 Å². The third-order valence-electron chi connectivity index (χ3n) is 6.35. The van der Waals surface area contributed by atoms with Crippen LogP contribution in [-0.2, 0) is 11.3 Å². The molecule has 0 amide bonds. The zero-order valence-electron chi connectivity index (χ0n) is 17.6. The van der Waals surface area contributed by atoms with Crippen LogP contribution in [0.15, 0.2) is 60.7 Å². The van der Waals surface area contributed by atoms with Crippen LogP contribution in [0.3, 0.4) is 0 Å². The molecule has 2 aliphatic rings. The number of hydrogen-bond acceptors (Lipinski definition) is 5. The SMILES string of the molecule is OCc1ccc(-c2ccc(OCC(O)CN3C[C@H]4CC[C@@H](C3)O4)c3ccccc23)cc1. The van der Waals surface area contributed by atoms with E-state index in [1.807, 2.05) is 42.5 Å². The van der Waals surface area contributed by atoms with E-state index in [0.29, 0.717) is 18.8 Å². The van der Waals surface area contributed by atoms with Gasteiger partial charge in [-0.15, -0.1) is 0 Å². The standard InChI is InChI=1S/C26H29NO4/c28-16-18-5-7-19(8-6-18)23-11-12-26(25-4-2-1-3-24(23)25)30-17-20(29)13-27-14-21-9-10-22(15-27)31-21/h1-8,11-12,20-22,28-29H,9-10,13-17H2/t20?,21-,22+. The van der Waals surface area contributed by atoms with Crippen molar-refractivity contribution in [3.8, 4) is 16.9 Å². The van der Waals surface area contributed by atoms with Crippen molar-refractivity contribution in [2.75, 3.05) is 26.2 Å². The van der Waals surface area contributed by atoms with Crippen LogP contribution in [0.4, 0.5) is 0 Å². The molecule has 5 nitrogen and oxygen atoms in total. The number of rotatable bonds is 7. The summed E-state index contributed by atoms with van der Waals surface area (Å²) >= 11 is 0. The molecule has 2 aliphatic heterocycles. The van der Waals surface area contributed by atoms with E-state index in [-0.39, 0.29) is 13.2 Å². The lowest BCUT2D eigenvalue weighted by molar-refractivity contribution is -0.0528. The predicted molar refractivity (Wildman–Crippen MR) is 121 cm³/mol. The fourth-order valence-corrected chi connectivity index (χ4v) is 4.82. The van der Waals surface area contributed by atoms with Crippen molar-refractivity contribution in [1.82, 2.24) is 4.90 Å². The molecule has 1 unspecified atom stereocenters. The Morgan fingerprint density at radius 2 is 1.65 bits per heavy atom.